The zero-order chi connectivity index (χ0) is 22.8. The Kier molecular flexibility index (Phi) is 9.74. The summed E-state index contributed by atoms with van der Waals surface area (Å²) >= 11 is 0. The van der Waals surface area contributed by atoms with Crippen molar-refractivity contribution in [3.63, 3.8) is 0 Å². The summed E-state index contributed by atoms with van der Waals surface area (Å²) in [7, 11) is -1.69. The van der Waals surface area contributed by atoms with Crippen molar-refractivity contribution < 1.29 is 19.6 Å². The first-order chi connectivity index (χ1) is 14.8. The summed E-state index contributed by atoms with van der Waals surface area (Å²) in [6.07, 6.45) is 6.83. The maximum Gasteiger partial charge on any atom is 0.475 e. The highest BCUT2D eigenvalue weighted by molar-refractivity contribution is 6.43. The molecule has 0 radical (unpaired) electrons. The largest absolute Gasteiger partial charge is 0.475 e. The van der Waals surface area contributed by atoms with Crippen LogP contribution in [0.3, 0.4) is 0 Å². The van der Waals surface area contributed by atoms with Crippen molar-refractivity contribution >= 4 is 18.9 Å². The van der Waals surface area contributed by atoms with E-state index in [1.807, 2.05) is 26.0 Å². The third kappa shape index (κ3) is 8.18. The summed E-state index contributed by atoms with van der Waals surface area (Å²) in [6, 6.07) is 8.15. The molecule has 1 aromatic heterocycles. The monoisotopic (exact) mass is 428 g/mol. The zero-order valence-electron chi connectivity index (χ0n) is 18.5. The van der Waals surface area contributed by atoms with Gasteiger partial charge in [0.15, 0.2) is 0 Å². The van der Waals surface area contributed by atoms with Crippen LogP contribution in [0.15, 0.2) is 42.7 Å². The molecule has 1 aromatic carbocycles. The molecule has 4 N–H and O–H groups in total. The fourth-order valence-corrected chi connectivity index (χ4v) is 3.28. The maximum atomic E-state index is 12.9. The minimum Gasteiger partial charge on any atom is -0.426 e. The van der Waals surface area contributed by atoms with Gasteiger partial charge in [-0.1, -0.05) is 39.3 Å². The van der Waals surface area contributed by atoms with E-state index in [-0.39, 0.29) is 18.4 Å². The average Bonchev–Trinajstić information content (AvgIpc) is 3.24. The molecule has 0 saturated heterocycles. The van der Waals surface area contributed by atoms with E-state index in [4.69, 9.17) is 0 Å². The van der Waals surface area contributed by atoms with Crippen LogP contribution in [-0.4, -0.2) is 50.7 Å². The minimum absolute atomic E-state index is 0.120. The second-order valence-electron chi connectivity index (χ2n) is 8.21. The van der Waals surface area contributed by atoms with Gasteiger partial charge in [-0.15, -0.1) is 0 Å². The van der Waals surface area contributed by atoms with Crippen molar-refractivity contribution in [1.82, 2.24) is 20.4 Å². The fourth-order valence-electron chi connectivity index (χ4n) is 3.28. The van der Waals surface area contributed by atoms with E-state index >= 15 is 0 Å². The number of carbonyl (C=O) groups excluding carboxylic acids is 2. The van der Waals surface area contributed by atoms with Crippen molar-refractivity contribution in [3.8, 4) is 0 Å². The average molecular weight is 428 g/mol. The second-order valence-corrected chi connectivity index (χ2v) is 8.21. The van der Waals surface area contributed by atoms with E-state index in [1.165, 1.54) is 0 Å². The molecule has 0 aliphatic heterocycles. The number of rotatable bonds is 12. The Hall–Kier alpha value is -2.65. The normalized spacial score (nSPS) is 13.0. The van der Waals surface area contributed by atoms with Gasteiger partial charge < -0.3 is 20.7 Å². The lowest BCUT2D eigenvalue weighted by atomic mass is 9.75. The van der Waals surface area contributed by atoms with Gasteiger partial charge in [-0.25, -0.2) is 0 Å². The van der Waals surface area contributed by atoms with Gasteiger partial charge in [-0.3, -0.25) is 14.3 Å². The third-order valence-corrected chi connectivity index (χ3v) is 5.00. The molecule has 0 aliphatic rings. The number of aromatic nitrogens is 2. The van der Waals surface area contributed by atoms with E-state index < -0.39 is 25.0 Å². The Morgan fingerprint density at radius 1 is 1.16 bits per heavy atom. The SMILES string of the molecule is CCCCc1ccc(C(=O)N[C@@H](Cn2cccn2)C(=O)N[C@@H](CC(C)C)B(O)O)cc1. The topological polar surface area (TPSA) is 116 Å². The van der Waals surface area contributed by atoms with E-state index in [9.17, 15) is 19.6 Å². The number of amides is 2. The Morgan fingerprint density at radius 2 is 1.87 bits per heavy atom. The minimum atomic E-state index is -1.69. The molecule has 9 heteroatoms. The molecule has 0 aliphatic carbocycles. The van der Waals surface area contributed by atoms with E-state index in [2.05, 4.69) is 22.7 Å². The Labute approximate surface area is 184 Å². The quantitative estimate of drug-likeness (QED) is 0.383. The summed E-state index contributed by atoms with van der Waals surface area (Å²) in [5.41, 5.74) is 1.62. The number of benzene rings is 1. The summed E-state index contributed by atoms with van der Waals surface area (Å²) in [4.78, 5) is 25.7. The molecule has 2 aromatic rings. The van der Waals surface area contributed by atoms with Crippen molar-refractivity contribution in [3.05, 3.63) is 53.9 Å². The highest BCUT2D eigenvalue weighted by atomic mass is 16.4. The van der Waals surface area contributed by atoms with E-state index in [0.717, 1.165) is 24.8 Å². The first-order valence-electron chi connectivity index (χ1n) is 10.8. The molecule has 2 atom stereocenters. The number of nitrogens with one attached hydrogen (secondary N) is 2. The molecule has 0 saturated carbocycles. The van der Waals surface area contributed by atoms with Crippen molar-refractivity contribution in [2.75, 3.05) is 0 Å². The molecule has 31 heavy (non-hydrogen) atoms. The second kappa shape index (κ2) is 12.3. The molecule has 0 fully saturated rings. The van der Waals surface area contributed by atoms with Crippen LogP contribution in [0.25, 0.3) is 0 Å². The number of aryl methyl sites for hydroxylation is 1. The fraction of sp³-hybridized carbons (Fsp3) is 0.500. The lowest BCUT2D eigenvalue weighted by Crippen LogP contribution is -2.55. The number of carbonyl (C=O) groups is 2. The van der Waals surface area contributed by atoms with E-state index in [0.29, 0.717) is 12.0 Å². The van der Waals surface area contributed by atoms with Crippen LogP contribution in [-0.2, 0) is 17.8 Å². The number of unbranched alkanes of at least 4 members (excludes halogenated alkanes) is 1. The van der Waals surface area contributed by atoms with Crippen molar-refractivity contribution in [1.29, 1.82) is 0 Å². The highest BCUT2D eigenvalue weighted by Crippen LogP contribution is 2.10. The van der Waals surface area contributed by atoms with Gasteiger partial charge in [0.25, 0.3) is 5.91 Å². The van der Waals surface area contributed by atoms with Gasteiger partial charge in [0.1, 0.15) is 6.04 Å². The van der Waals surface area contributed by atoms with Crippen LogP contribution in [0.2, 0.25) is 0 Å². The summed E-state index contributed by atoms with van der Waals surface area (Å²) in [6.45, 7) is 6.10. The molecule has 0 spiro atoms. The first kappa shape index (κ1) is 24.6. The van der Waals surface area contributed by atoms with Crippen molar-refractivity contribution in [2.45, 2.75) is 65.0 Å². The summed E-state index contributed by atoms with van der Waals surface area (Å²) in [5, 5.41) is 28.8. The van der Waals surface area contributed by atoms with E-state index in [1.54, 1.807) is 35.3 Å². The number of hydrogen-bond acceptors (Lipinski definition) is 5. The molecular formula is C22H33BN4O4. The van der Waals surface area contributed by atoms with Gasteiger partial charge in [-0.05, 0) is 48.9 Å². The van der Waals surface area contributed by atoms with Crippen LogP contribution in [0.4, 0.5) is 0 Å². The summed E-state index contributed by atoms with van der Waals surface area (Å²) in [5.74, 6) is -1.55. The molecule has 1 heterocycles. The van der Waals surface area contributed by atoms with Gasteiger partial charge in [-0.2, -0.15) is 5.10 Å². The predicted molar refractivity (Wildman–Crippen MR) is 120 cm³/mol. The molecular weight excluding hydrogens is 395 g/mol. The van der Waals surface area contributed by atoms with Gasteiger partial charge in [0, 0.05) is 18.0 Å². The lowest BCUT2D eigenvalue weighted by Gasteiger charge is -2.24. The summed E-state index contributed by atoms with van der Waals surface area (Å²) < 4.78 is 1.55. The first-order valence-corrected chi connectivity index (χ1v) is 10.8. The Morgan fingerprint density at radius 3 is 2.42 bits per heavy atom. The smallest absolute Gasteiger partial charge is 0.426 e. The highest BCUT2D eigenvalue weighted by Gasteiger charge is 2.30. The Balaban J connectivity index is 2.11. The number of nitrogens with zero attached hydrogens (tertiary/aromatic N) is 2. The van der Waals surface area contributed by atoms with Crippen LogP contribution in [0.5, 0.6) is 0 Å². The van der Waals surface area contributed by atoms with Gasteiger partial charge in [0.05, 0.1) is 12.5 Å². The van der Waals surface area contributed by atoms with Crippen LogP contribution in [0, 0.1) is 5.92 Å². The van der Waals surface area contributed by atoms with Crippen molar-refractivity contribution in [2.24, 2.45) is 5.92 Å². The predicted octanol–water partition coefficient (Wildman–Crippen LogP) is 1.57. The standard InChI is InChI=1S/C22H33BN4O4/c1-4-5-7-17-8-10-18(11-9-17)21(28)25-19(15-27-13-6-12-24-27)22(29)26-20(23(30)31)14-16(2)3/h6,8-13,16,19-20,30-31H,4-5,7,14-15H2,1-3H3,(H,25,28)(H,26,29)/t19-,20-/m0/s1. The maximum absolute atomic E-state index is 12.9. The molecule has 8 nitrogen and oxygen atoms in total. The van der Waals surface area contributed by atoms with Gasteiger partial charge in [0.2, 0.25) is 5.91 Å². The third-order valence-electron chi connectivity index (χ3n) is 5.00. The molecule has 0 bridgehead atoms. The Bertz CT molecular complexity index is 809. The van der Waals surface area contributed by atoms with Crippen LogP contribution in [0.1, 0.15) is 56.0 Å². The van der Waals surface area contributed by atoms with Crippen LogP contribution >= 0.6 is 0 Å². The van der Waals surface area contributed by atoms with Crippen LogP contribution < -0.4 is 10.6 Å². The zero-order valence-corrected chi connectivity index (χ0v) is 18.5. The lowest BCUT2D eigenvalue weighted by molar-refractivity contribution is -0.123. The molecule has 2 rings (SSSR count). The molecule has 0 unspecified atom stereocenters. The molecule has 2 amide bonds. The molecule has 168 valence electrons. The van der Waals surface area contributed by atoms with Gasteiger partial charge >= 0.3 is 7.12 Å². The number of hydrogen-bond donors (Lipinski definition) is 4.